The second kappa shape index (κ2) is 55.4. The summed E-state index contributed by atoms with van der Waals surface area (Å²) in [4.78, 5) is 25.5. The highest BCUT2D eigenvalue weighted by atomic mass is 31.2. The van der Waals surface area contributed by atoms with Gasteiger partial charge in [0.2, 0.25) is 5.91 Å². The highest BCUT2D eigenvalue weighted by Gasteiger charge is 2.23. The number of quaternary nitrogens is 1. The first-order valence-corrected chi connectivity index (χ1v) is 32.4. The Hall–Kier alpha value is -2.32. The number of rotatable bonds is 56. The molecule has 0 heterocycles. The Bertz CT molecular complexity index is 1480. The van der Waals surface area contributed by atoms with Gasteiger partial charge in [0.15, 0.2) is 0 Å². The van der Waals surface area contributed by atoms with Crippen LogP contribution in [0.3, 0.4) is 0 Å². The van der Waals surface area contributed by atoms with Crippen LogP contribution < -0.4 is 10.2 Å². The van der Waals surface area contributed by atoms with Crippen molar-refractivity contribution in [1.29, 1.82) is 0 Å². The van der Waals surface area contributed by atoms with Gasteiger partial charge in [0, 0.05) is 6.42 Å². The van der Waals surface area contributed by atoms with Crippen LogP contribution in [0.5, 0.6) is 0 Å². The largest absolute Gasteiger partial charge is 0.756 e. The number of allylic oxidation sites excluding steroid dienone is 13. The number of amides is 1. The molecule has 74 heavy (non-hydrogen) atoms. The van der Waals surface area contributed by atoms with Crippen molar-refractivity contribution in [2.45, 2.75) is 283 Å². The fourth-order valence-electron chi connectivity index (χ4n) is 8.79. The topological polar surface area (TPSA) is 108 Å². The number of nitrogens with zero attached hydrogens (tertiary/aromatic N) is 1. The summed E-state index contributed by atoms with van der Waals surface area (Å²) in [5.74, 6) is -0.206. The van der Waals surface area contributed by atoms with Gasteiger partial charge in [-0.05, 0) is 77.0 Å². The molecule has 0 radical (unpaired) electrons. The minimum Gasteiger partial charge on any atom is -0.756 e. The molecule has 3 unspecified atom stereocenters. The number of likely N-dealkylation sites (N-methyl/N-ethyl adjacent to an activating group) is 1. The summed E-state index contributed by atoms with van der Waals surface area (Å²) in [6.07, 6.45) is 78.2. The smallest absolute Gasteiger partial charge is 0.268 e. The molecule has 430 valence electrons. The van der Waals surface area contributed by atoms with Crippen molar-refractivity contribution in [2.24, 2.45) is 0 Å². The summed E-state index contributed by atoms with van der Waals surface area (Å²) < 4.78 is 23.3. The van der Waals surface area contributed by atoms with E-state index in [2.05, 4.69) is 92.1 Å². The number of unbranched alkanes of at least 4 members (excludes halogenated alkanes) is 31. The van der Waals surface area contributed by atoms with Gasteiger partial charge < -0.3 is 28.8 Å². The third kappa shape index (κ3) is 57.4. The van der Waals surface area contributed by atoms with Crippen molar-refractivity contribution in [1.82, 2.24) is 5.32 Å². The number of aliphatic hydroxyl groups is 1. The van der Waals surface area contributed by atoms with E-state index < -0.39 is 26.6 Å². The summed E-state index contributed by atoms with van der Waals surface area (Å²) in [6, 6.07) is -0.906. The van der Waals surface area contributed by atoms with Crippen LogP contribution >= 0.6 is 7.82 Å². The van der Waals surface area contributed by atoms with Crippen LogP contribution in [0.15, 0.2) is 85.1 Å². The molecule has 3 atom stereocenters. The lowest BCUT2D eigenvalue weighted by atomic mass is 10.0. The SMILES string of the molecule is CC/C=C\C/C=C\C/C=C\C/C=C\C/C=C\CCCCCCCCCCCCCCCCCCCCCC(=O)NC(COP(=O)([O-])OCC[N+](C)(C)C)C(O)/C=C/CC/C=C/CCCCCCCCCCCCC. The van der Waals surface area contributed by atoms with Crippen LogP contribution in [-0.2, 0) is 18.4 Å². The number of phosphoric acid groups is 1. The molecular formula is C65H119N2O6P. The van der Waals surface area contributed by atoms with Crippen LogP contribution in [-0.4, -0.2) is 68.5 Å². The Kier molecular flexibility index (Phi) is 53.7. The molecule has 8 nitrogen and oxygen atoms in total. The summed E-state index contributed by atoms with van der Waals surface area (Å²) in [5.41, 5.74) is 0. The van der Waals surface area contributed by atoms with Gasteiger partial charge in [-0.25, -0.2) is 0 Å². The molecule has 0 aliphatic heterocycles. The fourth-order valence-corrected chi connectivity index (χ4v) is 9.51. The van der Waals surface area contributed by atoms with Crippen LogP contribution in [0.25, 0.3) is 0 Å². The van der Waals surface area contributed by atoms with Crippen molar-refractivity contribution < 1.29 is 32.9 Å². The van der Waals surface area contributed by atoms with E-state index in [0.717, 1.165) is 70.6 Å². The van der Waals surface area contributed by atoms with Crippen LogP contribution in [0.1, 0.15) is 271 Å². The van der Waals surface area contributed by atoms with Gasteiger partial charge in [-0.15, -0.1) is 0 Å². The number of carbonyl (C=O) groups is 1. The van der Waals surface area contributed by atoms with Crippen molar-refractivity contribution in [3.8, 4) is 0 Å². The van der Waals surface area contributed by atoms with Gasteiger partial charge in [-0.3, -0.25) is 9.36 Å². The predicted molar refractivity (Wildman–Crippen MR) is 320 cm³/mol. The van der Waals surface area contributed by atoms with E-state index in [0.29, 0.717) is 17.4 Å². The number of carbonyl (C=O) groups excluding carboxylic acids is 1. The van der Waals surface area contributed by atoms with Crippen molar-refractivity contribution >= 4 is 13.7 Å². The molecule has 0 saturated carbocycles. The highest BCUT2D eigenvalue weighted by molar-refractivity contribution is 7.45. The molecule has 9 heteroatoms. The monoisotopic (exact) mass is 1050 g/mol. The second-order valence-electron chi connectivity index (χ2n) is 22.0. The lowest BCUT2D eigenvalue weighted by Gasteiger charge is -2.29. The second-order valence-corrected chi connectivity index (χ2v) is 23.4. The molecule has 0 aromatic heterocycles. The van der Waals surface area contributed by atoms with E-state index in [1.165, 1.54) is 180 Å². The van der Waals surface area contributed by atoms with E-state index in [-0.39, 0.29) is 12.5 Å². The maximum atomic E-state index is 13.0. The van der Waals surface area contributed by atoms with E-state index in [4.69, 9.17) is 9.05 Å². The lowest BCUT2D eigenvalue weighted by molar-refractivity contribution is -0.870. The molecule has 1 amide bonds. The van der Waals surface area contributed by atoms with Gasteiger partial charge in [0.05, 0.1) is 39.9 Å². The molecule has 0 aliphatic rings. The van der Waals surface area contributed by atoms with Gasteiger partial charge in [-0.2, -0.15) is 0 Å². The molecule has 0 bridgehead atoms. The van der Waals surface area contributed by atoms with Crippen LogP contribution in [0, 0.1) is 0 Å². The number of hydrogen-bond acceptors (Lipinski definition) is 6. The third-order valence-corrected chi connectivity index (χ3v) is 14.6. The molecule has 0 spiro atoms. The average molecular weight is 1060 g/mol. The Labute approximate surface area is 458 Å². The summed E-state index contributed by atoms with van der Waals surface area (Å²) >= 11 is 0. The molecule has 0 saturated heterocycles. The van der Waals surface area contributed by atoms with Crippen molar-refractivity contribution in [3.63, 3.8) is 0 Å². The van der Waals surface area contributed by atoms with Gasteiger partial charge in [0.25, 0.3) is 7.82 Å². The Morgan fingerprint density at radius 3 is 1.26 bits per heavy atom. The van der Waals surface area contributed by atoms with Gasteiger partial charge >= 0.3 is 0 Å². The number of nitrogens with one attached hydrogen (secondary N) is 1. The maximum Gasteiger partial charge on any atom is 0.268 e. The van der Waals surface area contributed by atoms with Crippen molar-refractivity contribution in [2.75, 3.05) is 40.9 Å². The fraction of sp³-hybridized carbons (Fsp3) is 0.769. The number of hydrogen-bond donors (Lipinski definition) is 2. The van der Waals surface area contributed by atoms with E-state index in [9.17, 15) is 19.4 Å². The molecule has 0 rings (SSSR count). The summed E-state index contributed by atoms with van der Waals surface area (Å²) in [6.45, 7) is 4.53. The minimum absolute atomic E-state index is 0.00760. The zero-order valence-corrected chi connectivity index (χ0v) is 49.9. The Morgan fingerprint density at radius 1 is 0.486 bits per heavy atom. The van der Waals surface area contributed by atoms with Gasteiger partial charge in [-0.1, -0.05) is 272 Å². The third-order valence-electron chi connectivity index (χ3n) is 13.6. The first kappa shape index (κ1) is 71.7. The first-order valence-electron chi connectivity index (χ1n) is 30.9. The first-order chi connectivity index (χ1) is 36.0. The maximum absolute atomic E-state index is 13.0. The molecule has 0 aliphatic carbocycles. The van der Waals surface area contributed by atoms with Crippen LogP contribution in [0.4, 0.5) is 0 Å². The Balaban J connectivity index is 4.06. The van der Waals surface area contributed by atoms with E-state index in [1.54, 1.807) is 6.08 Å². The molecule has 2 N–H and O–H groups in total. The standard InChI is InChI=1S/C65H119N2O6P/c1-6-8-10-12-14-16-18-20-22-24-25-26-27-28-29-30-31-32-33-34-35-36-37-38-39-40-41-43-45-47-49-51-53-55-57-59-65(69)66-63(62-73-74(70,71)72-61-60-67(3,4)5)64(68)58-56-54-52-50-48-46-44-42-23-21-19-17-15-13-11-9-7-2/h8,10,14,16,20,22,25-26,28-29,48,50,56,58,63-64,68H,6-7,9,11-13,15,17-19,21,23-24,27,30-47,49,51-55,57,59-62H2,1-5H3,(H-,66,69,70,71)/b10-8-,16-14-,22-20-,26-25-,29-28-,50-48+,58-56+. The molecule has 0 fully saturated rings. The normalized spacial score (nSPS) is 14.4. The number of phosphoric ester groups is 1. The van der Waals surface area contributed by atoms with E-state index in [1.807, 2.05) is 27.2 Å². The average Bonchev–Trinajstić information content (AvgIpc) is 3.36. The Morgan fingerprint density at radius 2 is 0.838 bits per heavy atom. The lowest BCUT2D eigenvalue weighted by Crippen LogP contribution is -2.45. The minimum atomic E-state index is -4.61. The predicted octanol–water partition coefficient (Wildman–Crippen LogP) is 18.6. The van der Waals surface area contributed by atoms with Gasteiger partial charge in [0.1, 0.15) is 13.2 Å². The van der Waals surface area contributed by atoms with Crippen molar-refractivity contribution in [3.05, 3.63) is 85.1 Å². The quantitative estimate of drug-likeness (QED) is 0.0272. The highest BCUT2D eigenvalue weighted by Crippen LogP contribution is 2.38. The summed E-state index contributed by atoms with van der Waals surface area (Å²) in [7, 11) is 1.25. The molecule has 0 aromatic rings. The summed E-state index contributed by atoms with van der Waals surface area (Å²) in [5, 5.41) is 13.9. The zero-order valence-electron chi connectivity index (χ0n) is 49.0. The van der Waals surface area contributed by atoms with Crippen LogP contribution in [0.2, 0.25) is 0 Å². The molecule has 0 aromatic carbocycles. The van der Waals surface area contributed by atoms with E-state index >= 15 is 0 Å². The zero-order chi connectivity index (χ0) is 54.2. The number of aliphatic hydroxyl groups excluding tert-OH is 1. The molecular weight excluding hydrogens is 936 g/mol.